The van der Waals surface area contributed by atoms with E-state index in [-0.39, 0.29) is 31.2 Å². The van der Waals surface area contributed by atoms with Crippen LogP contribution in [0.2, 0.25) is 0 Å². The van der Waals surface area contributed by atoms with E-state index < -0.39 is 23.6 Å². The second kappa shape index (κ2) is 7.37. The normalized spacial score (nSPS) is 18.2. The molecule has 0 saturated carbocycles. The van der Waals surface area contributed by atoms with E-state index in [4.69, 9.17) is 0 Å². The van der Waals surface area contributed by atoms with Crippen LogP contribution in [0.4, 0.5) is 8.78 Å². The summed E-state index contributed by atoms with van der Waals surface area (Å²) in [6, 6.07) is 8.24. The van der Waals surface area contributed by atoms with Crippen molar-refractivity contribution < 1.29 is 23.2 Å². The number of hydrogen-bond acceptors (Lipinski definition) is 4. The molecule has 1 fully saturated rings. The largest absolute Gasteiger partial charge is 0.333 e. The standard InChI is InChI=1S/C23H18F2N4O3/c1-28-11-26-20(21(28)13-3-5-16(24)17(25)9-13)12-2-4-15-14(8-12)10-29(23(15)32)18-6-7-19(30)27-22(18)31/h2-5,8-9,11,18H,6-7,10H2,1H3,(H,27,30,31). The van der Waals surface area contributed by atoms with Gasteiger partial charge in [0.25, 0.3) is 5.91 Å². The summed E-state index contributed by atoms with van der Waals surface area (Å²) in [6.45, 7) is 0.238. The van der Waals surface area contributed by atoms with Gasteiger partial charge in [-0.25, -0.2) is 13.8 Å². The molecule has 2 aliphatic heterocycles. The first-order valence-corrected chi connectivity index (χ1v) is 10.1. The minimum Gasteiger partial charge on any atom is -0.333 e. The number of imide groups is 1. The van der Waals surface area contributed by atoms with Crippen LogP contribution < -0.4 is 5.32 Å². The van der Waals surface area contributed by atoms with Gasteiger partial charge in [0, 0.05) is 36.7 Å². The number of imidazole rings is 1. The van der Waals surface area contributed by atoms with Gasteiger partial charge in [0.2, 0.25) is 11.8 Å². The average Bonchev–Trinajstić information content (AvgIpc) is 3.30. The predicted octanol–water partition coefficient (Wildman–Crippen LogP) is 2.79. The maximum atomic E-state index is 13.8. The van der Waals surface area contributed by atoms with Crippen molar-refractivity contribution in [2.24, 2.45) is 7.05 Å². The van der Waals surface area contributed by atoms with Crippen molar-refractivity contribution in [1.82, 2.24) is 19.8 Å². The Bertz CT molecular complexity index is 1300. The number of benzene rings is 2. The number of hydrogen-bond donors (Lipinski definition) is 1. The van der Waals surface area contributed by atoms with Crippen LogP contribution in [-0.4, -0.2) is 38.2 Å². The molecule has 1 unspecified atom stereocenters. The molecule has 0 spiro atoms. The van der Waals surface area contributed by atoms with Crippen LogP contribution in [-0.2, 0) is 23.2 Å². The molecular weight excluding hydrogens is 418 g/mol. The number of amides is 3. The van der Waals surface area contributed by atoms with Crippen LogP contribution in [0.25, 0.3) is 22.5 Å². The molecule has 3 aromatic rings. The number of carbonyl (C=O) groups is 3. The smallest absolute Gasteiger partial charge is 0.255 e. The minimum atomic E-state index is -0.950. The van der Waals surface area contributed by atoms with Gasteiger partial charge in [-0.15, -0.1) is 0 Å². The molecule has 162 valence electrons. The zero-order valence-corrected chi connectivity index (χ0v) is 17.1. The predicted molar refractivity (Wildman–Crippen MR) is 110 cm³/mol. The molecule has 0 radical (unpaired) electrons. The van der Waals surface area contributed by atoms with Crippen LogP contribution in [0.15, 0.2) is 42.7 Å². The average molecular weight is 436 g/mol. The second-order valence-electron chi connectivity index (χ2n) is 7.95. The van der Waals surface area contributed by atoms with Gasteiger partial charge in [-0.05, 0) is 42.3 Å². The van der Waals surface area contributed by atoms with Crippen LogP contribution in [0.3, 0.4) is 0 Å². The summed E-state index contributed by atoms with van der Waals surface area (Å²) in [7, 11) is 1.76. The van der Waals surface area contributed by atoms with Gasteiger partial charge in [-0.3, -0.25) is 19.7 Å². The van der Waals surface area contributed by atoms with Gasteiger partial charge < -0.3 is 9.47 Å². The lowest BCUT2D eigenvalue weighted by Gasteiger charge is -2.29. The first-order valence-electron chi connectivity index (χ1n) is 10.1. The molecule has 3 amide bonds. The Morgan fingerprint density at radius 3 is 2.56 bits per heavy atom. The van der Waals surface area contributed by atoms with E-state index in [2.05, 4.69) is 10.3 Å². The monoisotopic (exact) mass is 436 g/mol. The summed E-state index contributed by atoms with van der Waals surface area (Å²) >= 11 is 0. The molecular formula is C23H18F2N4O3. The summed E-state index contributed by atoms with van der Waals surface area (Å²) in [5.41, 5.74) is 3.58. The van der Waals surface area contributed by atoms with Crippen molar-refractivity contribution in [3.8, 4) is 22.5 Å². The number of halogens is 2. The number of nitrogens with one attached hydrogen (secondary N) is 1. The number of nitrogens with zero attached hydrogens (tertiary/aromatic N) is 3. The Morgan fingerprint density at radius 2 is 1.81 bits per heavy atom. The van der Waals surface area contributed by atoms with Crippen LogP contribution in [0, 0.1) is 11.6 Å². The number of aromatic nitrogens is 2. The zero-order valence-electron chi connectivity index (χ0n) is 17.1. The van der Waals surface area contributed by atoms with E-state index in [1.165, 1.54) is 11.0 Å². The fourth-order valence-electron chi connectivity index (χ4n) is 4.35. The lowest BCUT2D eigenvalue weighted by Crippen LogP contribution is -2.52. The van der Waals surface area contributed by atoms with E-state index in [1.807, 2.05) is 6.07 Å². The van der Waals surface area contributed by atoms with Crippen molar-refractivity contribution in [3.05, 3.63) is 65.5 Å². The van der Waals surface area contributed by atoms with E-state index in [0.29, 0.717) is 28.1 Å². The van der Waals surface area contributed by atoms with Crippen molar-refractivity contribution in [2.75, 3.05) is 0 Å². The topological polar surface area (TPSA) is 84.3 Å². The van der Waals surface area contributed by atoms with Crippen molar-refractivity contribution in [2.45, 2.75) is 25.4 Å². The minimum absolute atomic E-state index is 0.188. The van der Waals surface area contributed by atoms with E-state index in [9.17, 15) is 23.2 Å². The number of piperidine rings is 1. The lowest BCUT2D eigenvalue weighted by atomic mass is 10.0. The maximum absolute atomic E-state index is 13.8. The first-order chi connectivity index (χ1) is 15.3. The molecule has 1 N–H and O–H groups in total. The molecule has 3 heterocycles. The second-order valence-corrected chi connectivity index (χ2v) is 7.95. The van der Waals surface area contributed by atoms with E-state index >= 15 is 0 Å². The fraction of sp³-hybridized carbons (Fsp3) is 0.217. The Hall–Kier alpha value is -3.88. The molecule has 0 aliphatic carbocycles. The number of aryl methyl sites for hydroxylation is 1. The summed E-state index contributed by atoms with van der Waals surface area (Å²) in [5.74, 6) is -2.94. The molecule has 2 aliphatic rings. The van der Waals surface area contributed by atoms with Gasteiger partial charge in [-0.1, -0.05) is 6.07 Å². The molecule has 2 aromatic carbocycles. The molecule has 9 heteroatoms. The summed E-state index contributed by atoms with van der Waals surface area (Å²) in [5, 5.41) is 2.29. The highest BCUT2D eigenvalue weighted by atomic mass is 19.2. The van der Waals surface area contributed by atoms with Gasteiger partial charge in [0.05, 0.1) is 17.7 Å². The SMILES string of the molecule is Cn1cnc(-c2ccc3c(c2)CN(C2CCC(=O)NC2=O)C3=O)c1-c1ccc(F)c(F)c1. The van der Waals surface area contributed by atoms with Gasteiger partial charge in [0.15, 0.2) is 11.6 Å². The molecule has 1 saturated heterocycles. The number of fused-ring (bicyclic) bond motifs is 1. The highest BCUT2D eigenvalue weighted by molar-refractivity contribution is 6.05. The summed E-state index contributed by atoms with van der Waals surface area (Å²) in [6.07, 6.45) is 2.06. The van der Waals surface area contributed by atoms with Crippen molar-refractivity contribution in [3.63, 3.8) is 0 Å². The van der Waals surface area contributed by atoms with E-state index in [1.54, 1.807) is 30.1 Å². The molecule has 1 atom stereocenters. The summed E-state index contributed by atoms with van der Waals surface area (Å²) < 4.78 is 29.0. The Morgan fingerprint density at radius 1 is 1.03 bits per heavy atom. The number of carbonyl (C=O) groups excluding carboxylic acids is 3. The lowest BCUT2D eigenvalue weighted by molar-refractivity contribution is -0.136. The number of rotatable bonds is 3. The molecule has 7 nitrogen and oxygen atoms in total. The Balaban J connectivity index is 1.50. The quantitative estimate of drug-likeness (QED) is 0.640. The zero-order chi connectivity index (χ0) is 22.6. The third-order valence-corrected chi connectivity index (χ3v) is 5.93. The highest BCUT2D eigenvalue weighted by Gasteiger charge is 2.39. The molecule has 5 rings (SSSR count). The molecule has 32 heavy (non-hydrogen) atoms. The van der Waals surface area contributed by atoms with Crippen LogP contribution >= 0.6 is 0 Å². The fourth-order valence-corrected chi connectivity index (χ4v) is 4.35. The Kier molecular flexibility index (Phi) is 4.61. The molecule has 1 aromatic heterocycles. The van der Waals surface area contributed by atoms with Gasteiger partial charge in [0.1, 0.15) is 6.04 Å². The van der Waals surface area contributed by atoms with Gasteiger partial charge >= 0.3 is 0 Å². The van der Waals surface area contributed by atoms with E-state index in [0.717, 1.165) is 17.7 Å². The third-order valence-electron chi connectivity index (χ3n) is 5.93. The van der Waals surface area contributed by atoms with Crippen molar-refractivity contribution in [1.29, 1.82) is 0 Å². The van der Waals surface area contributed by atoms with Crippen LogP contribution in [0.5, 0.6) is 0 Å². The van der Waals surface area contributed by atoms with Crippen molar-refractivity contribution >= 4 is 17.7 Å². The van der Waals surface area contributed by atoms with Crippen LogP contribution in [0.1, 0.15) is 28.8 Å². The van der Waals surface area contributed by atoms with Gasteiger partial charge in [-0.2, -0.15) is 0 Å². The highest BCUT2D eigenvalue weighted by Crippen LogP contribution is 2.35. The maximum Gasteiger partial charge on any atom is 0.255 e. The molecule has 0 bridgehead atoms. The summed E-state index contributed by atoms with van der Waals surface area (Å²) in [4.78, 5) is 42.5. The third kappa shape index (κ3) is 3.17. The Labute approximate surface area is 181 Å². The first kappa shape index (κ1) is 20.0.